The van der Waals surface area contributed by atoms with E-state index in [9.17, 15) is 8.42 Å². The molecule has 0 spiro atoms. The highest BCUT2D eigenvalue weighted by atomic mass is 127. The first kappa shape index (κ1) is 24.7. The number of benzene rings is 2. The SMILES string of the molecule is CCNC(=NCc1ccccc1Cl)NCc1ccccc1S(=O)(=O)N(C)C.I. The predicted octanol–water partition coefficient (Wildman–Crippen LogP) is 3.46. The van der Waals surface area contributed by atoms with Gasteiger partial charge in [-0.25, -0.2) is 17.7 Å². The maximum atomic E-state index is 12.5. The monoisotopic (exact) mass is 536 g/mol. The molecule has 0 aromatic heterocycles. The Labute approximate surface area is 189 Å². The number of aliphatic imine (C=N–C) groups is 1. The molecule has 9 heteroatoms. The fraction of sp³-hybridized carbons (Fsp3) is 0.316. The van der Waals surface area contributed by atoms with E-state index in [1.165, 1.54) is 18.4 Å². The Kier molecular flexibility index (Phi) is 10.2. The standard InChI is InChI=1S/C19H25ClN4O2S.HI/c1-4-21-19(22-13-15-9-5-7-11-17(15)20)23-14-16-10-6-8-12-18(16)27(25,26)24(2)3;/h5-12H,4,13-14H2,1-3H3,(H2,21,22,23);1H. The Morgan fingerprint density at radius 1 is 1.04 bits per heavy atom. The van der Waals surface area contributed by atoms with Gasteiger partial charge in [-0.15, -0.1) is 24.0 Å². The minimum atomic E-state index is -3.51. The highest BCUT2D eigenvalue weighted by Crippen LogP contribution is 2.18. The molecule has 2 aromatic rings. The number of hydrogen-bond acceptors (Lipinski definition) is 3. The van der Waals surface area contributed by atoms with Crippen LogP contribution in [0.5, 0.6) is 0 Å². The van der Waals surface area contributed by atoms with Crippen LogP contribution < -0.4 is 10.6 Å². The maximum absolute atomic E-state index is 12.5. The summed E-state index contributed by atoms with van der Waals surface area (Å²) in [5.74, 6) is 0.592. The molecule has 0 atom stereocenters. The molecule has 0 unspecified atom stereocenters. The predicted molar refractivity (Wildman–Crippen MR) is 126 cm³/mol. The molecule has 2 N–H and O–H groups in total. The third kappa shape index (κ3) is 6.61. The van der Waals surface area contributed by atoms with Crippen LogP contribution in [-0.2, 0) is 23.1 Å². The van der Waals surface area contributed by atoms with E-state index in [1.54, 1.807) is 18.2 Å². The molecule has 28 heavy (non-hydrogen) atoms. The summed E-state index contributed by atoms with van der Waals surface area (Å²) in [7, 11) is -0.468. The molecular weight excluding hydrogens is 511 g/mol. The second-order valence-corrected chi connectivity index (χ2v) is 8.56. The zero-order valence-corrected chi connectivity index (χ0v) is 20.0. The summed E-state index contributed by atoms with van der Waals surface area (Å²) in [6.07, 6.45) is 0. The third-order valence-electron chi connectivity index (χ3n) is 3.89. The molecule has 6 nitrogen and oxygen atoms in total. The first-order valence-corrected chi connectivity index (χ1v) is 10.4. The largest absolute Gasteiger partial charge is 0.357 e. The van der Waals surface area contributed by atoms with E-state index in [0.29, 0.717) is 36.2 Å². The second kappa shape index (κ2) is 11.6. The van der Waals surface area contributed by atoms with E-state index in [0.717, 1.165) is 5.56 Å². The average molecular weight is 537 g/mol. The fourth-order valence-electron chi connectivity index (χ4n) is 2.41. The molecule has 0 radical (unpaired) electrons. The van der Waals surface area contributed by atoms with Crippen LogP contribution in [0.15, 0.2) is 58.4 Å². The van der Waals surface area contributed by atoms with Crippen LogP contribution in [0.1, 0.15) is 18.1 Å². The molecule has 2 aromatic carbocycles. The molecule has 0 aliphatic carbocycles. The number of sulfonamides is 1. The zero-order chi connectivity index (χ0) is 19.9. The van der Waals surface area contributed by atoms with E-state index < -0.39 is 10.0 Å². The van der Waals surface area contributed by atoms with Crippen molar-refractivity contribution in [2.75, 3.05) is 20.6 Å². The lowest BCUT2D eigenvalue weighted by Crippen LogP contribution is -2.37. The van der Waals surface area contributed by atoms with Crippen molar-refractivity contribution in [3.8, 4) is 0 Å². The van der Waals surface area contributed by atoms with Crippen molar-refractivity contribution in [3.63, 3.8) is 0 Å². The molecule has 0 aliphatic rings. The van der Waals surface area contributed by atoms with Crippen molar-refractivity contribution >= 4 is 51.6 Å². The first-order chi connectivity index (χ1) is 12.9. The minimum absolute atomic E-state index is 0. The maximum Gasteiger partial charge on any atom is 0.242 e. The molecule has 0 saturated heterocycles. The van der Waals surface area contributed by atoms with Crippen LogP contribution >= 0.6 is 35.6 Å². The molecule has 0 bridgehead atoms. The van der Waals surface area contributed by atoms with Gasteiger partial charge in [0.1, 0.15) is 0 Å². The van der Waals surface area contributed by atoms with E-state index in [2.05, 4.69) is 15.6 Å². The highest BCUT2D eigenvalue weighted by molar-refractivity contribution is 14.0. The molecule has 0 saturated carbocycles. The van der Waals surface area contributed by atoms with Crippen molar-refractivity contribution in [3.05, 3.63) is 64.7 Å². The van der Waals surface area contributed by atoms with Crippen molar-refractivity contribution in [1.82, 2.24) is 14.9 Å². The Hall–Kier alpha value is -1.36. The number of halogens is 2. The summed E-state index contributed by atoms with van der Waals surface area (Å²) in [5.41, 5.74) is 1.60. The van der Waals surface area contributed by atoms with Crippen molar-refractivity contribution in [2.45, 2.75) is 24.9 Å². The van der Waals surface area contributed by atoms with Crippen LogP contribution in [0, 0.1) is 0 Å². The van der Waals surface area contributed by atoms with Crippen LogP contribution in [0.3, 0.4) is 0 Å². The van der Waals surface area contributed by atoms with Gasteiger partial charge in [0.15, 0.2) is 5.96 Å². The summed E-state index contributed by atoms with van der Waals surface area (Å²) >= 11 is 6.18. The van der Waals surface area contributed by atoms with E-state index in [-0.39, 0.29) is 28.9 Å². The number of nitrogens with one attached hydrogen (secondary N) is 2. The number of hydrogen-bond donors (Lipinski definition) is 2. The quantitative estimate of drug-likeness (QED) is 0.323. The number of guanidine groups is 1. The van der Waals surface area contributed by atoms with Gasteiger partial charge in [0.25, 0.3) is 0 Å². The topological polar surface area (TPSA) is 73.8 Å². The Morgan fingerprint density at radius 3 is 2.25 bits per heavy atom. The summed E-state index contributed by atoms with van der Waals surface area (Å²) in [6.45, 7) is 3.41. The van der Waals surface area contributed by atoms with Crippen molar-refractivity contribution < 1.29 is 8.42 Å². The van der Waals surface area contributed by atoms with Gasteiger partial charge >= 0.3 is 0 Å². The first-order valence-electron chi connectivity index (χ1n) is 8.62. The molecule has 0 amide bonds. The normalized spacial score (nSPS) is 11.8. The van der Waals surface area contributed by atoms with Gasteiger partial charge < -0.3 is 10.6 Å². The Morgan fingerprint density at radius 2 is 1.64 bits per heavy atom. The van der Waals surface area contributed by atoms with Crippen molar-refractivity contribution in [1.29, 1.82) is 0 Å². The van der Waals surface area contributed by atoms with Gasteiger partial charge in [0.05, 0.1) is 11.4 Å². The molecule has 154 valence electrons. The van der Waals surface area contributed by atoms with Crippen LogP contribution in [0.25, 0.3) is 0 Å². The molecular formula is C19H26ClIN4O2S. The lowest BCUT2D eigenvalue weighted by molar-refractivity contribution is 0.519. The lowest BCUT2D eigenvalue weighted by atomic mass is 10.2. The summed E-state index contributed by atoms with van der Waals surface area (Å²) in [5, 5.41) is 7.02. The minimum Gasteiger partial charge on any atom is -0.357 e. The number of rotatable bonds is 7. The smallest absolute Gasteiger partial charge is 0.242 e. The van der Waals surface area contributed by atoms with Gasteiger partial charge in [-0.3, -0.25) is 0 Å². The average Bonchev–Trinajstić information content (AvgIpc) is 2.65. The fourth-order valence-corrected chi connectivity index (χ4v) is 3.72. The van der Waals surface area contributed by atoms with E-state index in [4.69, 9.17) is 11.6 Å². The second-order valence-electron chi connectivity index (χ2n) is 6.04. The van der Waals surface area contributed by atoms with Crippen LogP contribution in [-0.4, -0.2) is 39.3 Å². The number of nitrogens with zero attached hydrogens (tertiary/aromatic N) is 2. The lowest BCUT2D eigenvalue weighted by Gasteiger charge is -2.17. The third-order valence-corrected chi connectivity index (χ3v) is 6.17. The van der Waals surface area contributed by atoms with Gasteiger partial charge in [0, 0.05) is 32.2 Å². The molecule has 0 fully saturated rings. The molecule has 0 heterocycles. The van der Waals surface area contributed by atoms with Gasteiger partial charge in [-0.2, -0.15) is 0 Å². The summed E-state index contributed by atoms with van der Waals surface area (Å²) in [6, 6.07) is 14.5. The van der Waals surface area contributed by atoms with Gasteiger partial charge in [-0.1, -0.05) is 48.0 Å². The Balaban J connectivity index is 0.00000392. The molecule has 2 rings (SSSR count). The Bertz CT molecular complexity index is 904. The van der Waals surface area contributed by atoms with Gasteiger partial charge in [-0.05, 0) is 30.2 Å². The highest BCUT2D eigenvalue weighted by Gasteiger charge is 2.20. The van der Waals surface area contributed by atoms with Crippen LogP contribution in [0.4, 0.5) is 0 Å². The summed E-state index contributed by atoms with van der Waals surface area (Å²) in [4.78, 5) is 4.82. The summed E-state index contributed by atoms with van der Waals surface area (Å²) < 4.78 is 26.2. The van der Waals surface area contributed by atoms with Crippen LogP contribution in [0.2, 0.25) is 5.02 Å². The van der Waals surface area contributed by atoms with Crippen molar-refractivity contribution in [2.24, 2.45) is 4.99 Å². The van der Waals surface area contributed by atoms with E-state index in [1.807, 2.05) is 37.3 Å². The van der Waals surface area contributed by atoms with Gasteiger partial charge in [0.2, 0.25) is 10.0 Å². The van der Waals surface area contributed by atoms with E-state index >= 15 is 0 Å². The zero-order valence-electron chi connectivity index (χ0n) is 16.1. The molecule has 0 aliphatic heterocycles.